The third-order valence-electron chi connectivity index (χ3n) is 7.82. The van der Waals surface area contributed by atoms with Gasteiger partial charge in [0.1, 0.15) is 0 Å². The lowest BCUT2D eigenvalue weighted by Crippen LogP contribution is -2.51. The van der Waals surface area contributed by atoms with Crippen molar-refractivity contribution in [3.8, 4) is 0 Å². The van der Waals surface area contributed by atoms with Crippen LogP contribution >= 0.6 is 0 Å². The fraction of sp³-hybridized carbons (Fsp3) is 0.571. The molecule has 1 fully saturated rings. The molecule has 1 saturated heterocycles. The van der Waals surface area contributed by atoms with E-state index in [4.69, 9.17) is 0 Å². The average molecular weight is 448 g/mol. The fourth-order valence-electron chi connectivity index (χ4n) is 6.25. The van der Waals surface area contributed by atoms with Gasteiger partial charge in [0.05, 0.1) is 24.0 Å². The van der Waals surface area contributed by atoms with Crippen LogP contribution in [0.1, 0.15) is 65.2 Å². The van der Waals surface area contributed by atoms with Gasteiger partial charge in [-0.25, -0.2) is 0 Å². The van der Waals surface area contributed by atoms with E-state index in [2.05, 4.69) is 48.3 Å². The summed E-state index contributed by atoms with van der Waals surface area (Å²) in [5.74, 6) is 0.761. The van der Waals surface area contributed by atoms with Gasteiger partial charge in [-0.15, -0.1) is 0 Å². The van der Waals surface area contributed by atoms with Gasteiger partial charge in [0, 0.05) is 30.8 Å². The highest BCUT2D eigenvalue weighted by Gasteiger charge is 2.44. The van der Waals surface area contributed by atoms with Crippen molar-refractivity contribution in [1.29, 1.82) is 0 Å². The summed E-state index contributed by atoms with van der Waals surface area (Å²) in [6, 6.07) is 8.22. The van der Waals surface area contributed by atoms with Crippen LogP contribution in [0.25, 0.3) is 0 Å². The molecule has 0 bridgehead atoms. The number of piperidine rings is 1. The molecule has 0 aromatic heterocycles. The van der Waals surface area contributed by atoms with Crippen LogP contribution in [-0.4, -0.2) is 42.3 Å². The van der Waals surface area contributed by atoms with Crippen LogP contribution in [-0.2, 0) is 9.59 Å². The summed E-state index contributed by atoms with van der Waals surface area (Å²) in [5, 5.41) is 3.67. The van der Waals surface area contributed by atoms with E-state index in [1.807, 2.05) is 17.0 Å². The number of ketones is 1. The quantitative estimate of drug-likeness (QED) is 0.639. The molecule has 176 valence electrons. The number of fused-ring (bicyclic) bond motifs is 1. The van der Waals surface area contributed by atoms with E-state index in [-0.39, 0.29) is 23.1 Å². The molecule has 0 spiro atoms. The number of anilines is 2. The molecule has 2 aliphatic carbocycles. The smallest absolute Gasteiger partial charge is 0.242 e. The van der Waals surface area contributed by atoms with Gasteiger partial charge in [-0.2, -0.15) is 0 Å². The van der Waals surface area contributed by atoms with Crippen molar-refractivity contribution in [2.45, 2.75) is 71.3 Å². The first-order chi connectivity index (χ1) is 15.9. The Labute approximate surface area is 197 Å². The van der Waals surface area contributed by atoms with Crippen molar-refractivity contribution in [1.82, 2.24) is 4.90 Å². The Hall–Kier alpha value is -2.56. The van der Waals surface area contributed by atoms with Gasteiger partial charge < -0.3 is 15.1 Å². The lowest BCUT2D eigenvalue weighted by atomic mass is 9.71. The van der Waals surface area contributed by atoms with Gasteiger partial charge in [-0.05, 0) is 68.4 Å². The monoisotopic (exact) mass is 447 g/mol. The van der Waals surface area contributed by atoms with Crippen molar-refractivity contribution < 1.29 is 9.59 Å². The van der Waals surface area contributed by atoms with E-state index in [9.17, 15) is 9.59 Å². The summed E-state index contributed by atoms with van der Waals surface area (Å²) >= 11 is 0. The molecule has 5 nitrogen and oxygen atoms in total. The van der Waals surface area contributed by atoms with E-state index in [0.29, 0.717) is 18.9 Å². The molecule has 1 amide bonds. The topological polar surface area (TPSA) is 52.7 Å². The first kappa shape index (κ1) is 22.2. The van der Waals surface area contributed by atoms with E-state index in [1.165, 1.54) is 6.42 Å². The highest BCUT2D eigenvalue weighted by atomic mass is 16.2. The predicted molar refractivity (Wildman–Crippen MR) is 133 cm³/mol. The third-order valence-corrected chi connectivity index (χ3v) is 7.82. The van der Waals surface area contributed by atoms with Crippen molar-refractivity contribution in [2.24, 2.45) is 11.3 Å². The molecule has 2 atom stereocenters. The van der Waals surface area contributed by atoms with Crippen molar-refractivity contribution in [3.63, 3.8) is 0 Å². The molecule has 1 aromatic carbocycles. The summed E-state index contributed by atoms with van der Waals surface area (Å²) < 4.78 is 0. The second-order valence-corrected chi connectivity index (χ2v) is 11.0. The number of benzene rings is 1. The van der Waals surface area contributed by atoms with Gasteiger partial charge in [0.15, 0.2) is 5.78 Å². The number of allylic oxidation sites excluding steroid dienone is 3. The number of para-hydroxylation sites is 2. The molecule has 1 aromatic rings. The first-order valence-corrected chi connectivity index (χ1v) is 12.7. The third kappa shape index (κ3) is 4.47. The minimum Gasteiger partial charge on any atom is -0.357 e. The van der Waals surface area contributed by atoms with Crippen molar-refractivity contribution in [2.75, 3.05) is 29.9 Å². The zero-order valence-electron chi connectivity index (χ0n) is 20.1. The van der Waals surface area contributed by atoms with E-state index in [1.54, 1.807) is 0 Å². The Morgan fingerprint density at radius 3 is 2.64 bits per heavy atom. The van der Waals surface area contributed by atoms with Gasteiger partial charge in [-0.1, -0.05) is 38.1 Å². The zero-order chi connectivity index (χ0) is 23.0. The van der Waals surface area contributed by atoms with Crippen LogP contribution in [0.15, 0.2) is 47.7 Å². The molecule has 2 heterocycles. The number of carbonyl (C=O) groups excluding carboxylic acids is 2. The predicted octanol–water partition coefficient (Wildman–Crippen LogP) is 5.30. The number of likely N-dealkylation sites (tertiary alicyclic amines) is 1. The van der Waals surface area contributed by atoms with Gasteiger partial charge in [-0.3, -0.25) is 9.59 Å². The Bertz CT molecular complexity index is 987. The number of carbonyl (C=O) groups is 2. The molecule has 0 radical (unpaired) electrons. The van der Waals surface area contributed by atoms with Gasteiger partial charge in [0.25, 0.3) is 0 Å². The maximum atomic E-state index is 13.7. The molecular formula is C28H37N3O2. The molecule has 33 heavy (non-hydrogen) atoms. The number of Topliss-reactive ketones (excluding diaryl/α,β-unsaturated/α-hetero) is 1. The lowest BCUT2D eigenvalue weighted by Gasteiger charge is -2.42. The van der Waals surface area contributed by atoms with Crippen LogP contribution in [0.2, 0.25) is 0 Å². The van der Waals surface area contributed by atoms with Gasteiger partial charge in [0.2, 0.25) is 5.91 Å². The Balaban J connectivity index is 1.60. The second kappa shape index (κ2) is 9.00. The van der Waals surface area contributed by atoms with Crippen molar-refractivity contribution >= 4 is 23.1 Å². The number of rotatable bonds is 3. The molecule has 2 unspecified atom stereocenters. The SMILES string of the molecule is CC1(C)CC(=O)C2=C(C1)Nc1ccccc1N(CC(=O)N1CCCCC1)C2C1CC=CCC1. The van der Waals surface area contributed by atoms with Gasteiger partial charge >= 0.3 is 0 Å². The number of amides is 1. The Morgan fingerprint density at radius 1 is 1.09 bits per heavy atom. The van der Waals surface area contributed by atoms with Crippen LogP contribution < -0.4 is 10.2 Å². The molecular weight excluding hydrogens is 410 g/mol. The van der Waals surface area contributed by atoms with Crippen molar-refractivity contribution in [3.05, 3.63) is 47.7 Å². The molecule has 1 N–H and O–H groups in total. The number of nitrogens with one attached hydrogen (secondary N) is 1. The summed E-state index contributed by atoms with van der Waals surface area (Å²) in [7, 11) is 0. The fourth-order valence-corrected chi connectivity index (χ4v) is 6.25. The molecule has 2 aliphatic heterocycles. The van der Waals surface area contributed by atoms with Crippen LogP contribution in [0.5, 0.6) is 0 Å². The van der Waals surface area contributed by atoms with E-state index in [0.717, 1.165) is 74.3 Å². The second-order valence-electron chi connectivity index (χ2n) is 11.0. The zero-order valence-corrected chi connectivity index (χ0v) is 20.1. The molecule has 5 heteroatoms. The Morgan fingerprint density at radius 2 is 1.88 bits per heavy atom. The highest BCUT2D eigenvalue weighted by molar-refractivity contribution is 6.01. The maximum absolute atomic E-state index is 13.7. The molecule has 0 saturated carbocycles. The maximum Gasteiger partial charge on any atom is 0.242 e. The molecule has 4 aliphatic rings. The van der Waals surface area contributed by atoms with E-state index >= 15 is 0 Å². The average Bonchev–Trinajstić information content (AvgIpc) is 2.94. The minimum absolute atomic E-state index is 0.0618. The van der Waals surface area contributed by atoms with Crippen LogP contribution in [0.4, 0.5) is 11.4 Å². The minimum atomic E-state index is -0.0709. The normalized spacial score (nSPS) is 26.9. The number of hydrogen-bond acceptors (Lipinski definition) is 4. The summed E-state index contributed by atoms with van der Waals surface area (Å²) in [6.45, 7) is 6.40. The van der Waals surface area contributed by atoms with Crippen LogP contribution in [0, 0.1) is 11.3 Å². The summed E-state index contributed by atoms with van der Waals surface area (Å²) in [4.78, 5) is 31.5. The number of hydrogen-bond donors (Lipinski definition) is 1. The largest absolute Gasteiger partial charge is 0.357 e. The Kier molecular flexibility index (Phi) is 6.07. The first-order valence-electron chi connectivity index (χ1n) is 12.7. The summed E-state index contributed by atoms with van der Waals surface area (Å²) in [5.41, 5.74) is 3.99. The standard InChI is InChI=1S/C28H37N3O2/c1-28(2)17-22-26(24(32)18-28)27(20-11-5-3-6-12-20)31(23-14-8-7-13-21(23)29-22)19-25(33)30-15-9-4-10-16-30/h3,5,7-8,13-14,20,27,29H,4,6,9-12,15-19H2,1-2H3. The number of nitrogens with zero attached hydrogens (tertiary/aromatic N) is 2. The lowest BCUT2D eigenvalue weighted by molar-refractivity contribution is -0.130. The van der Waals surface area contributed by atoms with E-state index < -0.39 is 0 Å². The summed E-state index contributed by atoms with van der Waals surface area (Å²) in [6.07, 6.45) is 12.4. The highest BCUT2D eigenvalue weighted by Crippen LogP contribution is 2.46. The molecule has 5 rings (SSSR count). The van der Waals surface area contributed by atoms with Crippen LogP contribution in [0.3, 0.4) is 0 Å².